The normalized spacial score (nSPS) is 23.8. The zero-order chi connectivity index (χ0) is 13.9. The fourth-order valence-electron chi connectivity index (χ4n) is 2.43. The highest BCUT2D eigenvalue weighted by Crippen LogP contribution is 2.36. The molecular formula is C15H22IN3O2. The van der Waals surface area contributed by atoms with Crippen LogP contribution in [0.4, 0.5) is 5.69 Å². The van der Waals surface area contributed by atoms with Gasteiger partial charge in [-0.1, -0.05) is 13.3 Å². The monoisotopic (exact) mass is 403 g/mol. The van der Waals surface area contributed by atoms with Crippen LogP contribution < -0.4 is 20.5 Å². The Labute approximate surface area is 142 Å². The number of nitrogens with zero attached hydrogens (tertiary/aromatic N) is 1. The molecule has 2 atom stereocenters. The number of aliphatic imine (C=N–C) groups is 1. The predicted octanol–water partition coefficient (Wildman–Crippen LogP) is 2.99. The number of nitrogens with one attached hydrogen (secondary N) is 1. The first-order valence-corrected chi connectivity index (χ1v) is 7.26. The van der Waals surface area contributed by atoms with Crippen molar-refractivity contribution in [1.29, 1.82) is 0 Å². The molecule has 1 aliphatic carbocycles. The molecule has 0 radical (unpaired) electrons. The highest BCUT2D eigenvalue weighted by molar-refractivity contribution is 14.0. The minimum absolute atomic E-state index is 0. The molecule has 5 nitrogen and oxygen atoms in total. The Morgan fingerprint density at radius 1 is 1.33 bits per heavy atom. The van der Waals surface area contributed by atoms with Crippen molar-refractivity contribution in [1.82, 2.24) is 0 Å². The molecule has 0 bridgehead atoms. The molecule has 1 aromatic rings. The Bertz CT molecular complexity index is 522. The first-order chi connectivity index (χ1) is 9.76. The number of nitrogens with two attached hydrogens (primary N) is 1. The van der Waals surface area contributed by atoms with Crippen LogP contribution in [0.3, 0.4) is 0 Å². The van der Waals surface area contributed by atoms with Crippen molar-refractivity contribution in [3.05, 3.63) is 18.2 Å². The lowest BCUT2D eigenvalue weighted by Gasteiger charge is -2.10. The molecule has 6 heteroatoms. The number of hydrogen-bond acceptors (Lipinski definition) is 3. The van der Waals surface area contributed by atoms with Gasteiger partial charge in [0.25, 0.3) is 0 Å². The molecule has 3 N–H and O–H groups in total. The number of ether oxygens (including phenoxy) is 2. The van der Waals surface area contributed by atoms with Crippen LogP contribution in [-0.2, 0) is 0 Å². The van der Waals surface area contributed by atoms with Crippen molar-refractivity contribution in [3.63, 3.8) is 0 Å². The van der Waals surface area contributed by atoms with Crippen LogP contribution in [0.15, 0.2) is 23.2 Å². The molecule has 1 fully saturated rings. The van der Waals surface area contributed by atoms with Gasteiger partial charge in [0.2, 0.25) is 0 Å². The van der Waals surface area contributed by atoms with E-state index in [0.717, 1.165) is 30.0 Å². The number of guanidine groups is 1. The summed E-state index contributed by atoms with van der Waals surface area (Å²) >= 11 is 0. The van der Waals surface area contributed by atoms with Crippen LogP contribution in [-0.4, -0.2) is 25.2 Å². The lowest BCUT2D eigenvalue weighted by molar-refractivity contribution is 0.297. The van der Waals surface area contributed by atoms with Crippen LogP contribution in [0.1, 0.15) is 26.2 Å². The van der Waals surface area contributed by atoms with Gasteiger partial charge in [0.15, 0.2) is 17.5 Å². The summed E-state index contributed by atoms with van der Waals surface area (Å²) < 4.78 is 11.3. The van der Waals surface area contributed by atoms with E-state index in [2.05, 4.69) is 17.2 Å². The lowest BCUT2D eigenvalue weighted by atomic mass is 10.3. The maximum absolute atomic E-state index is 5.94. The minimum atomic E-state index is 0. The number of rotatable bonds is 3. The summed E-state index contributed by atoms with van der Waals surface area (Å²) in [6.45, 7) is 3.57. The number of fused-ring (bicyclic) bond motifs is 1. The summed E-state index contributed by atoms with van der Waals surface area (Å²) in [6.07, 6.45) is 3.23. The Morgan fingerprint density at radius 3 is 2.81 bits per heavy atom. The summed E-state index contributed by atoms with van der Waals surface area (Å²) in [4.78, 5) is 4.48. The van der Waals surface area contributed by atoms with E-state index in [1.54, 1.807) is 0 Å². The highest BCUT2D eigenvalue weighted by Gasteiger charge is 2.35. The van der Waals surface area contributed by atoms with Crippen molar-refractivity contribution in [2.75, 3.05) is 18.5 Å². The second-order valence-electron chi connectivity index (χ2n) is 5.32. The summed E-state index contributed by atoms with van der Waals surface area (Å²) in [5, 5.41) is 3.12. The van der Waals surface area contributed by atoms with Gasteiger partial charge >= 0.3 is 0 Å². The van der Waals surface area contributed by atoms with Crippen LogP contribution >= 0.6 is 24.0 Å². The molecule has 1 heterocycles. The van der Waals surface area contributed by atoms with Gasteiger partial charge in [-0.25, -0.2) is 4.99 Å². The summed E-state index contributed by atoms with van der Waals surface area (Å²) in [7, 11) is 0. The predicted molar refractivity (Wildman–Crippen MR) is 94.9 cm³/mol. The molecule has 0 spiro atoms. The van der Waals surface area contributed by atoms with Crippen LogP contribution in [0.2, 0.25) is 0 Å². The molecule has 1 saturated carbocycles. The third-order valence-corrected chi connectivity index (χ3v) is 3.73. The van der Waals surface area contributed by atoms with E-state index in [0.29, 0.717) is 31.1 Å². The van der Waals surface area contributed by atoms with Crippen LogP contribution in [0.25, 0.3) is 0 Å². The smallest absolute Gasteiger partial charge is 0.193 e. The lowest BCUT2D eigenvalue weighted by Crippen LogP contribution is -2.23. The molecular weight excluding hydrogens is 381 g/mol. The second-order valence-corrected chi connectivity index (χ2v) is 5.32. The van der Waals surface area contributed by atoms with Gasteiger partial charge in [0.05, 0.1) is 19.3 Å². The molecule has 0 amide bonds. The van der Waals surface area contributed by atoms with E-state index in [1.165, 1.54) is 6.42 Å². The fourth-order valence-corrected chi connectivity index (χ4v) is 2.43. The number of anilines is 1. The first-order valence-electron chi connectivity index (χ1n) is 7.26. The molecule has 1 aliphatic heterocycles. The SMILES string of the molecule is CC[C@@H]1C[C@H]1N=C(N)Nc1ccc2c(c1)OCCCO2.I. The molecule has 21 heavy (non-hydrogen) atoms. The topological polar surface area (TPSA) is 68.9 Å². The van der Waals surface area contributed by atoms with E-state index in [9.17, 15) is 0 Å². The molecule has 0 aromatic heterocycles. The Kier molecular flexibility index (Phi) is 5.55. The van der Waals surface area contributed by atoms with Crippen molar-refractivity contribution >= 4 is 35.6 Å². The molecule has 0 unspecified atom stereocenters. The van der Waals surface area contributed by atoms with E-state index in [-0.39, 0.29) is 24.0 Å². The number of halogens is 1. The van der Waals surface area contributed by atoms with Gasteiger partial charge in [0.1, 0.15) is 0 Å². The number of benzene rings is 1. The zero-order valence-corrected chi connectivity index (χ0v) is 14.5. The van der Waals surface area contributed by atoms with Crippen LogP contribution in [0, 0.1) is 5.92 Å². The van der Waals surface area contributed by atoms with Gasteiger partial charge in [-0.3, -0.25) is 0 Å². The van der Waals surface area contributed by atoms with Crippen molar-refractivity contribution in [2.45, 2.75) is 32.2 Å². The Balaban J connectivity index is 0.00000161. The van der Waals surface area contributed by atoms with Crippen molar-refractivity contribution in [3.8, 4) is 11.5 Å². The van der Waals surface area contributed by atoms with Crippen LogP contribution in [0.5, 0.6) is 11.5 Å². The van der Waals surface area contributed by atoms with Gasteiger partial charge in [-0.15, -0.1) is 24.0 Å². The number of hydrogen-bond donors (Lipinski definition) is 2. The maximum Gasteiger partial charge on any atom is 0.193 e. The molecule has 0 saturated heterocycles. The summed E-state index contributed by atoms with van der Waals surface area (Å²) in [5.74, 6) is 2.73. The maximum atomic E-state index is 5.94. The molecule has 1 aromatic carbocycles. The van der Waals surface area contributed by atoms with Gasteiger partial charge < -0.3 is 20.5 Å². The summed E-state index contributed by atoms with van der Waals surface area (Å²) in [6, 6.07) is 6.14. The highest BCUT2D eigenvalue weighted by atomic mass is 127. The zero-order valence-electron chi connectivity index (χ0n) is 12.2. The molecule has 3 rings (SSSR count). The average molecular weight is 403 g/mol. The third kappa shape index (κ3) is 4.15. The standard InChI is InChI=1S/C15H21N3O2.HI/c1-2-10-8-12(10)18-15(16)17-11-4-5-13-14(9-11)20-7-3-6-19-13;/h4-5,9-10,12H,2-3,6-8H2,1H3,(H3,16,17,18);1H/t10-,12-;/m1./s1. The second kappa shape index (κ2) is 7.20. The summed E-state index contributed by atoms with van der Waals surface area (Å²) in [5.41, 5.74) is 6.82. The van der Waals surface area contributed by atoms with Gasteiger partial charge in [-0.2, -0.15) is 0 Å². The van der Waals surface area contributed by atoms with Gasteiger partial charge in [0, 0.05) is 18.2 Å². The van der Waals surface area contributed by atoms with E-state index >= 15 is 0 Å². The third-order valence-electron chi connectivity index (χ3n) is 3.73. The average Bonchev–Trinajstić information content (AvgIpc) is 3.20. The van der Waals surface area contributed by atoms with E-state index in [1.807, 2.05) is 18.2 Å². The Morgan fingerprint density at radius 2 is 2.10 bits per heavy atom. The Hall–Kier alpha value is -1.18. The van der Waals surface area contributed by atoms with E-state index < -0.39 is 0 Å². The first kappa shape index (κ1) is 16.2. The van der Waals surface area contributed by atoms with Gasteiger partial charge in [-0.05, 0) is 24.5 Å². The van der Waals surface area contributed by atoms with Crippen molar-refractivity contribution in [2.24, 2.45) is 16.6 Å². The minimum Gasteiger partial charge on any atom is -0.490 e. The molecule has 116 valence electrons. The molecule has 2 aliphatic rings. The fraction of sp³-hybridized carbons (Fsp3) is 0.533. The van der Waals surface area contributed by atoms with Crippen molar-refractivity contribution < 1.29 is 9.47 Å². The quantitative estimate of drug-likeness (QED) is 0.463. The van der Waals surface area contributed by atoms with E-state index in [4.69, 9.17) is 15.2 Å². The largest absolute Gasteiger partial charge is 0.490 e.